The van der Waals surface area contributed by atoms with Crippen LogP contribution in [0.15, 0.2) is 29.4 Å². The third-order valence-electron chi connectivity index (χ3n) is 3.26. The number of benzene rings is 1. The molecular formula is C15H22N6O5. The fraction of sp³-hybridized carbons (Fsp3) is 0.400. The lowest BCUT2D eigenvalue weighted by molar-refractivity contribution is -0.485. The molecule has 0 aliphatic rings. The van der Waals surface area contributed by atoms with Crippen molar-refractivity contribution < 1.29 is 19.7 Å². The predicted octanol–water partition coefficient (Wildman–Crippen LogP) is -0.611. The van der Waals surface area contributed by atoms with Crippen LogP contribution < -0.4 is 21.7 Å². The summed E-state index contributed by atoms with van der Waals surface area (Å²) in [4.78, 5) is 33.7. The zero-order valence-corrected chi connectivity index (χ0v) is 14.3. The molecule has 142 valence electrons. The molecule has 1 rings (SSSR count). The van der Waals surface area contributed by atoms with E-state index in [9.17, 15) is 24.8 Å². The molecule has 2 amide bonds. The Balaban J connectivity index is 2.48. The highest BCUT2D eigenvalue weighted by Gasteiger charge is 2.18. The Morgan fingerprint density at radius 2 is 1.96 bits per heavy atom. The standard InChI is InChI=1S/C15H22N6O5/c1-10(22)19-13(3-2-8-17-15(16)20-21(25)26)14(24)18-9-11-4-6-12(23)7-5-11/h4-7,13,23H,2-3,8-9H2,1H3,(H,18,24)(H,19,22)(H3,16,17,20)/t13-/m1/s1. The summed E-state index contributed by atoms with van der Waals surface area (Å²) in [6.45, 7) is 1.81. The molecular weight excluding hydrogens is 344 g/mol. The Morgan fingerprint density at radius 3 is 2.54 bits per heavy atom. The number of rotatable bonds is 9. The lowest BCUT2D eigenvalue weighted by Crippen LogP contribution is -2.46. The number of nitrogens with zero attached hydrogens (tertiary/aromatic N) is 2. The molecule has 26 heavy (non-hydrogen) atoms. The molecule has 6 N–H and O–H groups in total. The molecule has 11 nitrogen and oxygen atoms in total. The van der Waals surface area contributed by atoms with Gasteiger partial charge in [-0.25, -0.2) is 10.1 Å². The first-order valence-electron chi connectivity index (χ1n) is 7.83. The fourth-order valence-corrected chi connectivity index (χ4v) is 2.09. The third kappa shape index (κ3) is 8.47. The first-order valence-corrected chi connectivity index (χ1v) is 7.83. The summed E-state index contributed by atoms with van der Waals surface area (Å²) in [6.07, 6.45) is 0.727. The van der Waals surface area contributed by atoms with E-state index < -0.39 is 11.1 Å². The van der Waals surface area contributed by atoms with Crippen molar-refractivity contribution >= 4 is 17.8 Å². The lowest BCUT2D eigenvalue weighted by atomic mass is 10.1. The number of hydrazone groups is 1. The second-order valence-electron chi connectivity index (χ2n) is 5.43. The summed E-state index contributed by atoms with van der Waals surface area (Å²) in [5.74, 6) is -0.913. The topological polar surface area (TPSA) is 172 Å². The van der Waals surface area contributed by atoms with Crippen LogP contribution >= 0.6 is 0 Å². The number of carbonyl (C=O) groups is 2. The maximum absolute atomic E-state index is 12.3. The van der Waals surface area contributed by atoms with Gasteiger partial charge in [-0.3, -0.25) is 9.59 Å². The third-order valence-corrected chi connectivity index (χ3v) is 3.26. The van der Waals surface area contributed by atoms with Gasteiger partial charge < -0.3 is 26.8 Å². The summed E-state index contributed by atoms with van der Waals surface area (Å²) in [7, 11) is 0. The molecule has 0 saturated carbocycles. The zero-order chi connectivity index (χ0) is 19.5. The molecule has 0 spiro atoms. The fourth-order valence-electron chi connectivity index (χ4n) is 2.09. The molecule has 1 aromatic rings. The Labute approximate surface area is 149 Å². The first-order chi connectivity index (χ1) is 12.3. The van der Waals surface area contributed by atoms with Crippen molar-refractivity contribution in [1.29, 1.82) is 0 Å². The second-order valence-corrected chi connectivity index (χ2v) is 5.43. The monoisotopic (exact) mass is 366 g/mol. The number of hydrogen-bond acceptors (Lipinski definition) is 5. The molecule has 0 aromatic heterocycles. The highest BCUT2D eigenvalue weighted by molar-refractivity contribution is 5.86. The quantitative estimate of drug-likeness (QED) is 0.127. The van der Waals surface area contributed by atoms with E-state index in [0.717, 1.165) is 5.56 Å². The molecule has 0 heterocycles. The van der Waals surface area contributed by atoms with Crippen molar-refractivity contribution in [2.45, 2.75) is 32.4 Å². The van der Waals surface area contributed by atoms with Gasteiger partial charge in [0.05, 0.1) is 0 Å². The van der Waals surface area contributed by atoms with Gasteiger partial charge in [0, 0.05) is 20.0 Å². The average Bonchev–Trinajstić information content (AvgIpc) is 2.55. The molecule has 0 bridgehead atoms. The molecule has 1 aromatic carbocycles. The molecule has 0 unspecified atom stereocenters. The van der Waals surface area contributed by atoms with Gasteiger partial charge in [0.25, 0.3) is 5.96 Å². The van der Waals surface area contributed by atoms with Crippen molar-refractivity contribution in [2.75, 3.05) is 6.54 Å². The SMILES string of the molecule is CC(=O)N[C@H](CCCNC(N)=N[N+](=O)[O-])C(=O)NCc1ccc(O)cc1. The Bertz CT molecular complexity index is 661. The Hall–Kier alpha value is -3.37. The molecule has 0 aliphatic carbocycles. The van der Waals surface area contributed by atoms with Crippen LogP contribution in [0.5, 0.6) is 5.75 Å². The molecule has 0 fully saturated rings. The van der Waals surface area contributed by atoms with Gasteiger partial charge in [-0.2, -0.15) is 0 Å². The van der Waals surface area contributed by atoms with Crippen molar-refractivity contribution in [3.63, 3.8) is 0 Å². The van der Waals surface area contributed by atoms with E-state index in [1.165, 1.54) is 19.1 Å². The average molecular weight is 366 g/mol. The van der Waals surface area contributed by atoms with Crippen LogP contribution in [0.3, 0.4) is 0 Å². The summed E-state index contributed by atoms with van der Waals surface area (Å²) >= 11 is 0. The number of phenolic OH excluding ortho intramolecular Hbond substituents is 1. The highest BCUT2D eigenvalue weighted by atomic mass is 16.7. The van der Waals surface area contributed by atoms with Crippen LogP contribution in [-0.2, 0) is 16.1 Å². The predicted molar refractivity (Wildman–Crippen MR) is 93.4 cm³/mol. The van der Waals surface area contributed by atoms with Crippen LogP contribution in [0.4, 0.5) is 0 Å². The minimum Gasteiger partial charge on any atom is -0.508 e. The van der Waals surface area contributed by atoms with E-state index in [-0.39, 0.29) is 36.6 Å². The van der Waals surface area contributed by atoms with E-state index in [1.807, 2.05) is 0 Å². The summed E-state index contributed by atoms with van der Waals surface area (Å²) in [5, 5.41) is 29.2. The maximum atomic E-state index is 12.3. The Morgan fingerprint density at radius 1 is 1.31 bits per heavy atom. The van der Waals surface area contributed by atoms with Crippen LogP contribution in [0.1, 0.15) is 25.3 Å². The van der Waals surface area contributed by atoms with Gasteiger partial charge in [-0.1, -0.05) is 12.1 Å². The molecule has 1 atom stereocenters. The molecule has 0 aliphatic heterocycles. The number of nitrogens with one attached hydrogen (secondary N) is 3. The second kappa shape index (κ2) is 10.5. The summed E-state index contributed by atoms with van der Waals surface area (Å²) < 4.78 is 0. The van der Waals surface area contributed by atoms with Crippen LogP contribution in [0, 0.1) is 10.1 Å². The number of aromatic hydroxyl groups is 1. The van der Waals surface area contributed by atoms with Crippen LogP contribution in [0.2, 0.25) is 0 Å². The van der Waals surface area contributed by atoms with Crippen molar-refractivity contribution in [2.24, 2.45) is 10.8 Å². The number of guanidine groups is 1. The minimum atomic E-state index is -0.917. The van der Waals surface area contributed by atoms with E-state index in [2.05, 4.69) is 21.1 Å². The van der Waals surface area contributed by atoms with E-state index in [4.69, 9.17) is 5.73 Å². The molecule has 0 saturated heterocycles. The number of nitrogens with two attached hydrogens (primary N) is 1. The summed E-state index contributed by atoms with van der Waals surface area (Å²) in [5.41, 5.74) is 6.08. The van der Waals surface area contributed by atoms with Crippen molar-refractivity contribution in [3.05, 3.63) is 39.9 Å². The Kier molecular flexibility index (Phi) is 8.34. The first kappa shape index (κ1) is 20.7. The molecule has 11 heteroatoms. The van der Waals surface area contributed by atoms with E-state index in [0.29, 0.717) is 12.8 Å². The lowest BCUT2D eigenvalue weighted by Gasteiger charge is -2.17. The number of nitro groups is 1. The molecule has 0 radical (unpaired) electrons. The van der Waals surface area contributed by atoms with Gasteiger partial charge in [0.15, 0.2) is 5.03 Å². The van der Waals surface area contributed by atoms with Gasteiger partial charge in [-0.05, 0) is 30.5 Å². The van der Waals surface area contributed by atoms with Gasteiger partial charge in [0.1, 0.15) is 16.9 Å². The van der Waals surface area contributed by atoms with Crippen LogP contribution in [-0.4, -0.2) is 40.5 Å². The number of hydrogen-bond donors (Lipinski definition) is 5. The highest BCUT2D eigenvalue weighted by Crippen LogP contribution is 2.09. The number of phenols is 1. The maximum Gasteiger partial charge on any atom is 0.266 e. The zero-order valence-electron chi connectivity index (χ0n) is 14.3. The van der Waals surface area contributed by atoms with Crippen molar-refractivity contribution in [1.82, 2.24) is 16.0 Å². The normalized spacial score (nSPS) is 12.1. The van der Waals surface area contributed by atoms with Gasteiger partial charge >= 0.3 is 0 Å². The van der Waals surface area contributed by atoms with E-state index in [1.54, 1.807) is 12.1 Å². The van der Waals surface area contributed by atoms with E-state index >= 15 is 0 Å². The minimum absolute atomic E-state index is 0.128. The van der Waals surface area contributed by atoms with Crippen LogP contribution in [0.25, 0.3) is 0 Å². The van der Waals surface area contributed by atoms with Crippen molar-refractivity contribution in [3.8, 4) is 5.75 Å². The largest absolute Gasteiger partial charge is 0.508 e. The number of amides is 2. The van der Waals surface area contributed by atoms with Gasteiger partial charge in [-0.15, -0.1) is 0 Å². The number of carbonyl (C=O) groups excluding carboxylic acids is 2. The smallest absolute Gasteiger partial charge is 0.266 e. The summed E-state index contributed by atoms with van der Waals surface area (Å²) in [6, 6.07) is 5.61. The van der Waals surface area contributed by atoms with Gasteiger partial charge in [0.2, 0.25) is 11.8 Å².